The van der Waals surface area contributed by atoms with E-state index in [1.165, 1.54) is 4.90 Å². The Kier molecular flexibility index (Phi) is 4.16. The first-order chi connectivity index (χ1) is 12.6. The van der Waals surface area contributed by atoms with Crippen LogP contribution in [-0.2, 0) is 27.3 Å². The quantitative estimate of drug-likeness (QED) is 0.859. The highest BCUT2D eigenvalue weighted by molar-refractivity contribution is 6.01. The van der Waals surface area contributed by atoms with Gasteiger partial charge in [-0.2, -0.15) is 0 Å². The van der Waals surface area contributed by atoms with Gasteiger partial charge in [-0.3, -0.25) is 19.3 Å². The molecule has 1 unspecified atom stereocenters. The number of carbonyl (C=O) groups excluding carboxylic acids is 3. The summed E-state index contributed by atoms with van der Waals surface area (Å²) in [6.45, 7) is 0.271. The first kappa shape index (κ1) is 16.3. The van der Waals surface area contributed by atoms with Crippen molar-refractivity contribution in [2.24, 2.45) is 0 Å². The van der Waals surface area contributed by atoms with Crippen LogP contribution in [-0.4, -0.2) is 28.7 Å². The second-order valence-corrected chi connectivity index (χ2v) is 6.48. The maximum absolute atomic E-state index is 12.4. The number of anilines is 1. The topological polar surface area (TPSA) is 75.7 Å². The summed E-state index contributed by atoms with van der Waals surface area (Å²) < 4.78 is 5.68. The lowest BCUT2D eigenvalue weighted by molar-refractivity contribution is -0.139. The number of benzene rings is 2. The van der Waals surface area contributed by atoms with Crippen LogP contribution in [0.4, 0.5) is 5.69 Å². The number of imide groups is 1. The van der Waals surface area contributed by atoms with Gasteiger partial charge in [0.2, 0.25) is 11.8 Å². The Hall–Kier alpha value is -3.15. The minimum Gasteiger partial charge on any atom is -0.480 e. The van der Waals surface area contributed by atoms with E-state index in [0.717, 1.165) is 16.9 Å². The Labute approximate surface area is 150 Å². The number of fused-ring (bicyclic) bond motifs is 1. The molecule has 2 aliphatic rings. The minimum atomic E-state index is -0.535. The number of nitrogens with one attached hydrogen (secondary N) is 1. The van der Waals surface area contributed by atoms with Crippen molar-refractivity contribution in [3.63, 3.8) is 0 Å². The molecule has 132 valence electrons. The van der Waals surface area contributed by atoms with Gasteiger partial charge < -0.3 is 10.1 Å². The summed E-state index contributed by atoms with van der Waals surface area (Å²) >= 11 is 0. The average Bonchev–Trinajstić information content (AvgIpc) is 3.22. The Morgan fingerprint density at radius 1 is 1.04 bits per heavy atom. The fraction of sp³-hybridized carbons (Fsp3) is 0.250. The molecule has 0 aromatic heterocycles. The highest BCUT2D eigenvalue weighted by Crippen LogP contribution is 2.28. The van der Waals surface area contributed by atoms with Gasteiger partial charge in [-0.25, -0.2) is 0 Å². The van der Waals surface area contributed by atoms with Crippen LogP contribution in [0, 0.1) is 0 Å². The largest absolute Gasteiger partial charge is 0.480 e. The molecule has 2 heterocycles. The van der Waals surface area contributed by atoms with Crippen LogP contribution in [0.25, 0.3) is 0 Å². The third-order valence-corrected chi connectivity index (χ3v) is 4.66. The van der Waals surface area contributed by atoms with Crippen LogP contribution in [0.15, 0.2) is 48.5 Å². The first-order valence-electron chi connectivity index (χ1n) is 8.58. The molecule has 1 fully saturated rings. The summed E-state index contributed by atoms with van der Waals surface area (Å²) in [5, 5.41) is 2.85. The summed E-state index contributed by atoms with van der Waals surface area (Å²) in [5.74, 6) is 0.289. The van der Waals surface area contributed by atoms with E-state index in [1.807, 2.05) is 24.3 Å². The second-order valence-electron chi connectivity index (χ2n) is 6.48. The van der Waals surface area contributed by atoms with Crippen molar-refractivity contribution < 1.29 is 19.1 Å². The van der Waals surface area contributed by atoms with Gasteiger partial charge in [0.05, 0.1) is 6.54 Å². The Balaban J connectivity index is 1.36. The standard InChI is InChI=1S/C20H18N2O4/c23-18-9-10-19(24)22(18)12-13-5-7-15(8-6-13)21-20(25)17-11-14-3-1-2-4-16(14)26-17/h1-8,17H,9-12H2,(H,21,25). The van der Waals surface area contributed by atoms with Gasteiger partial charge in [0, 0.05) is 24.9 Å². The number of hydrogen-bond acceptors (Lipinski definition) is 4. The Bertz CT molecular complexity index is 835. The van der Waals surface area contributed by atoms with E-state index in [1.54, 1.807) is 24.3 Å². The zero-order chi connectivity index (χ0) is 18.1. The van der Waals surface area contributed by atoms with Crippen molar-refractivity contribution in [3.8, 4) is 5.75 Å². The molecule has 0 aliphatic carbocycles. The van der Waals surface area contributed by atoms with E-state index in [0.29, 0.717) is 12.1 Å². The number of carbonyl (C=O) groups is 3. The van der Waals surface area contributed by atoms with Gasteiger partial charge in [0.15, 0.2) is 6.10 Å². The normalized spacial score (nSPS) is 18.6. The highest BCUT2D eigenvalue weighted by atomic mass is 16.5. The van der Waals surface area contributed by atoms with Crippen molar-refractivity contribution in [1.29, 1.82) is 0 Å². The van der Waals surface area contributed by atoms with Crippen molar-refractivity contribution in [1.82, 2.24) is 4.90 Å². The van der Waals surface area contributed by atoms with Crippen LogP contribution in [0.1, 0.15) is 24.0 Å². The number of likely N-dealkylation sites (tertiary alicyclic amines) is 1. The van der Waals surface area contributed by atoms with E-state index in [9.17, 15) is 14.4 Å². The van der Waals surface area contributed by atoms with Crippen molar-refractivity contribution in [3.05, 3.63) is 59.7 Å². The molecule has 0 saturated carbocycles. The van der Waals surface area contributed by atoms with Crippen LogP contribution in [0.5, 0.6) is 5.75 Å². The van der Waals surface area contributed by atoms with Crippen molar-refractivity contribution in [2.75, 3.05) is 5.32 Å². The molecule has 3 amide bonds. The molecule has 1 saturated heterocycles. The molecular formula is C20H18N2O4. The van der Waals surface area contributed by atoms with Crippen molar-refractivity contribution >= 4 is 23.4 Å². The lowest BCUT2D eigenvalue weighted by Gasteiger charge is -2.15. The van der Waals surface area contributed by atoms with Crippen molar-refractivity contribution in [2.45, 2.75) is 31.9 Å². The lowest BCUT2D eigenvalue weighted by atomic mass is 10.1. The maximum atomic E-state index is 12.4. The molecule has 6 heteroatoms. The fourth-order valence-electron chi connectivity index (χ4n) is 3.23. The molecule has 2 aromatic rings. The summed E-state index contributed by atoms with van der Waals surface area (Å²) in [4.78, 5) is 37.0. The summed E-state index contributed by atoms with van der Waals surface area (Å²) in [6.07, 6.45) is 0.596. The van der Waals surface area contributed by atoms with Crippen LogP contribution < -0.4 is 10.1 Å². The van der Waals surface area contributed by atoms with E-state index in [4.69, 9.17) is 4.74 Å². The van der Waals surface area contributed by atoms with E-state index in [-0.39, 0.29) is 37.1 Å². The van der Waals surface area contributed by atoms with Gasteiger partial charge in [-0.15, -0.1) is 0 Å². The van der Waals surface area contributed by atoms with Gasteiger partial charge in [0.25, 0.3) is 5.91 Å². The summed E-state index contributed by atoms with van der Waals surface area (Å²) in [7, 11) is 0. The number of ether oxygens (including phenoxy) is 1. The maximum Gasteiger partial charge on any atom is 0.265 e. The first-order valence-corrected chi connectivity index (χ1v) is 8.58. The third kappa shape index (κ3) is 3.18. The van der Waals surface area contributed by atoms with Crippen LogP contribution in [0.2, 0.25) is 0 Å². The van der Waals surface area contributed by atoms with Gasteiger partial charge in [-0.1, -0.05) is 30.3 Å². The van der Waals surface area contributed by atoms with E-state index < -0.39 is 6.10 Å². The lowest BCUT2D eigenvalue weighted by Crippen LogP contribution is -2.31. The highest BCUT2D eigenvalue weighted by Gasteiger charge is 2.29. The molecule has 6 nitrogen and oxygen atoms in total. The van der Waals surface area contributed by atoms with Crippen LogP contribution >= 0.6 is 0 Å². The molecule has 1 atom stereocenters. The number of nitrogens with zero attached hydrogens (tertiary/aromatic N) is 1. The molecule has 0 radical (unpaired) electrons. The average molecular weight is 350 g/mol. The summed E-state index contributed by atoms with van der Waals surface area (Å²) in [6, 6.07) is 14.8. The van der Waals surface area contributed by atoms with E-state index >= 15 is 0 Å². The van der Waals surface area contributed by atoms with Gasteiger partial charge in [-0.05, 0) is 29.3 Å². The van der Waals surface area contributed by atoms with Gasteiger partial charge in [0.1, 0.15) is 5.75 Å². The van der Waals surface area contributed by atoms with E-state index in [2.05, 4.69) is 5.32 Å². The molecule has 2 aliphatic heterocycles. The fourth-order valence-corrected chi connectivity index (χ4v) is 3.23. The number of para-hydroxylation sites is 1. The summed E-state index contributed by atoms with van der Waals surface area (Å²) in [5.41, 5.74) is 2.52. The predicted octanol–water partition coefficient (Wildman–Crippen LogP) is 2.28. The third-order valence-electron chi connectivity index (χ3n) is 4.66. The number of amides is 3. The molecule has 1 N–H and O–H groups in total. The predicted molar refractivity (Wildman–Crippen MR) is 94.4 cm³/mol. The molecule has 0 spiro atoms. The SMILES string of the molecule is O=C(Nc1ccc(CN2C(=O)CCC2=O)cc1)C1Cc2ccccc2O1. The zero-order valence-electron chi connectivity index (χ0n) is 14.1. The Morgan fingerprint density at radius 3 is 2.42 bits per heavy atom. The van der Waals surface area contributed by atoms with Crippen LogP contribution in [0.3, 0.4) is 0 Å². The molecule has 4 rings (SSSR count). The second kappa shape index (κ2) is 6.63. The molecule has 26 heavy (non-hydrogen) atoms. The van der Waals surface area contributed by atoms with Gasteiger partial charge >= 0.3 is 0 Å². The smallest absolute Gasteiger partial charge is 0.265 e. The number of rotatable bonds is 4. The molecule has 2 aromatic carbocycles. The molecule has 0 bridgehead atoms. The Morgan fingerprint density at radius 2 is 1.73 bits per heavy atom. The molecular weight excluding hydrogens is 332 g/mol. The monoisotopic (exact) mass is 350 g/mol. The zero-order valence-corrected chi connectivity index (χ0v) is 14.1. The minimum absolute atomic E-state index is 0.134. The number of hydrogen-bond donors (Lipinski definition) is 1.